The number of aromatic nitrogens is 3. The van der Waals surface area contributed by atoms with E-state index in [2.05, 4.69) is 10.3 Å². The van der Waals surface area contributed by atoms with Gasteiger partial charge in [-0.25, -0.2) is 9.07 Å². The van der Waals surface area contributed by atoms with E-state index < -0.39 is 11.7 Å². The van der Waals surface area contributed by atoms with E-state index in [1.165, 1.54) is 24.3 Å². The maximum absolute atomic E-state index is 12.8. The Balaban J connectivity index is 1.73. The summed E-state index contributed by atoms with van der Waals surface area (Å²) >= 11 is 0. The molecule has 0 saturated carbocycles. The third-order valence-electron chi connectivity index (χ3n) is 3.57. The molecule has 0 saturated heterocycles. The second-order valence-electron chi connectivity index (χ2n) is 5.45. The van der Waals surface area contributed by atoms with Gasteiger partial charge in [0, 0.05) is 0 Å². The molecule has 2 heterocycles. The van der Waals surface area contributed by atoms with Gasteiger partial charge < -0.3 is 14.4 Å². The molecular formula is C16H16FN3O4. The van der Waals surface area contributed by atoms with Gasteiger partial charge in [-0.2, -0.15) is 5.10 Å². The standard InChI is InChI=1S/C16H16FN3O4/c1-9-14-10(2)24-19-15(14)16(22)20(18-9)7-12(21)8-23-13-5-3-11(17)4-6-13/h3-6,12,21H,7-8H2,1-2H3. The summed E-state index contributed by atoms with van der Waals surface area (Å²) in [5, 5.41) is 18.6. The second-order valence-corrected chi connectivity index (χ2v) is 5.45. The van der Waals surface area contributed by atoms with Crippen LogP contribution in [0.3, 0.4) is 0 Å². The summed E-state index contributed by atoms with van der Waals surface area (Å²) in [7, 11) is 0. The number of hydrogen-bond donors (Lipinski definition) is 1. The zero-order valence-corrected chi connectivity index (χ0v) is 13.2. The minimum atomic E-state index is -0.967. The molecule has 3 rings (SSSR count). The third kappa shape index (κ3) is 3.13. The van der Waals surface area contributed by atoms with Crippen LogP contribution >= 0.6 is 0 Å². The number of aliphatic hydroxyl groups excluding tert-OH is 1. The van der Waals surface area contributed by atoms with E-state index in [0.717, 1.165) is 4.68 Å². The van der Waals surface area contributed by atoms with Gasteiger partial charge in [0.1, 0.15) is 30.0 Å². The van der Waals surface area contributed by atoms with Crippen LogP contribution in [0, 0.1) is 19.7 Å². The molecule has 24 heavy (non-hydrogen) atoms. The molecule has 0 aliphatic rings. The summed E-state index contributed by atoms with van der Waals surface area (Å²) in [6.07, 6.45) is -0.967. The first kappa shape index (κ1) is 16.1. The van der Waals surface area contributed by atoms with Crippen molar-refractivity contribution in [3.05, 3.63) is 51.9 Å². The highest BCUT2D eigenvalue weighted by Gasteiger charge is 2.17. The molecule has 0 fully saturated rings. The summed E-state index contributed by atoms with van der Waals surface area (Å²) in [5.41, 5.74) is 0.343. The van der Waals surface area contributed by atoms with Crippen molar-refractivity contribution in [2.75, 3.05) is 6.61 Å². The minimum Gasteiger partial charge on any atom is -0.491 e. The van der Waals surface area contributed by atoms with Gasteiger partial charge in [0.15, 0.2) is 5.52 Å². The molecule has 126 valence electrons. The third-order valence-corrected chi connectivity index (χ3v) is 3.57. The molecule has 0 bridgehead atoms. The monoisotopic (exact) mass is 333 g/mol. The zero-order valence-electron chi connectivity index (χ0n) is 13.2. The van der Waals surface area contributed by atoms with Gasteiger partial charge in [-0.15, -0.1) is 0 Å². The molecule has 8 heteroatoms. The number of halogens is 1. The second kappa shape index (κ2) is 6.40. The quantitative estimate of drug-likeness (QED) is 0.762. The molecule has 3 aromatic rings. The average Bonchev–Trinajstić information content (AvgIpc) is 2.94. The summed E-state index contributed by atoms with van der Waals surface area (Å²) in [4.78, 5) is 12.3. The molecule has 1 unspecified atom stereocenters. The van der Waals surface area contributed by atoms with E-state index in [-0.39, 0.29) is 24.5 Å². The van der Waals surface area contributed by atoms with Crippen LogP contribution < -0.4 is 10.3 Å². The van der Waals surface area contributed by atoms with Crippen molar-refractivity contribution in [2.24, 2.45) is 0 Å². The van der Waals surface area contributed by atoms with Crippen molar-refractivity contribution in [2.45, 2.75) is 26.5 Å². The Morgan fingerprint density at radius 3 is 2.75 bits per heavy atom. The molecule has 7 nitrogen and oxygen atoms in total. The maximum Gasteiger partial charge on any atom is 0.296 e. The van der Waals surface area contributed by atoms with Crippen LogP contribution in [0.25, 0.3) is 10.9 Å². The predicted octanol–water partition coefficient (Wildman–Crippen LogP) is 1.58. The highest BCUT2D eigenvalue weighted by atomic mass is 19.1. The first-order valence-corrected chi connectivity index (χ1v) is 7.36. The van der Waals surface area contributed by atoms with Gasteiger partial charge in [-0.1, -0.05) is 5.16 Å². The highest BCUT2D eigenvalue weighted by molar-refractivity contribution is 5.81. The van der Waals surface area contributed by atoms with Crippen molar-refractivity contribution >= 4 is 10.9 Å². The normalized spacial score (nSPS) is 12.5. The molecule has 0 amide bonds. The lowest BCUT2D eigenvalue weighted by Crippen LogP contribution is -2.32. The van der Waals surface area contributed by atoms with E-state index in [1.54, 1.807) is 13.8 Å². The fraction of sp³-hybridized carbons (Fsp3) is 0.312. The van der Waals surface area contributed by atoms with Crippen LogP contribution in [0.2, 0.25) is 0 Å². The lowest BCUT2D eigenvalue weighted by Gasteiger charge is -2.13. The summed E-state index contributed by atoms with van der Waals surface area (Å²) in [6, 6.07) is 5.44. The summed E-state index contributed by atoms with van der Waals surface area (Å²) in [5.74, 6) is 0.583. The molecule has 1 N–H and O–H groups in total. The Hall–Kier alpha value is -2.74. The molecule has 0 aliphatic heterocycles. The van der Waals surface area contributed by atoms with E-state index >= 15 is 0 Å². The number of fused-ring (bicyclic) bond motifs is 1. The Kier molecular flexibility index (Phi) is 4.30. The van der Waals surface area contributed by atoms with Gasteiger partial charge in [0.25, 0.3) is 5.56 Å². The first-order valence-electron chi connectivity index (χ1n) is 7.36. The largest absolute Gasteiger partial charge is 0.491 e. The molecule has 1 atom stereocenters. The Morgan fingerprint density at radius 1 is 1.33 bits per heavy atom. The molecule has 2 aromatic heterocycles. The number of hydrogen-bond acceptors (Lipinski definition) is 6. The Morgan fingerprint density at radius 2 is 2.04 bits per heavy atom. The summed E-state index contributed by atoms with van der Waals surface area (Å²) in [6.45, 7) is 3.33. The average molecular weight is 333 g/mol. The van der Waals surface area contributed by atoms with Gasteiger partial charge in [-0.05, 0) is 38.1 Å². The first-order chi connectivity index (χ1) is 11.5. The van der Waals surface area contributed by atoms with Crippen molar-refractivity contribution < 1.29 is 18.8 Å². The van der Waals surface area contributed by atoms with Crippen molar-refractivity contribution in [3.63, 3.8) is 0 Å². The van der Waals surface area contributed by atoms with Crippen LogP contribution in [0.1, 0.15) is 11.5 Å². The number of benzene rings is 1. The van der Waals surface area contributed by atoms with Crippen LogP contribution in [-0.4, -0.2) is 32.8 Å². The summed E-state index contributed by atoms with van der Waals surface area (Å²) < 4.78 is 24.4. The molecular weight excluding hydrogens is 317 g/mol. The van der Waals surface area contributed by atoms with Crippen LogP contribution in [0.15, 0.2) is 33.6 Å². The Bertz CT molecular complexity index is 917. The maximum atomic E-state index is 12.8. The minimum absolute atomic E-state index is 0.0529. The van der Waals surface area contributed by atoms with Crippen LogP contribution in [0.4, 0.5) is 4.39 Å². The Labute approximate surface area is 136 Å². The molecule has 0 spiro atoms. The number of nitrogens with zero attached hydrogens (tertiary/aromatic N) is 3. The van der Waals surface area contributed by atoms with E-state index in [4.69, 9.17) is 9.26 Å². The fourth-order valence-electron chi connectivity index (χ4n) is 2.44. The van der Waals surface area contributed by atoms with Crippen molar-refractivity contribution in [3.8, 4) is 5.75 Å². The number of ether oxygens (including phenoxy) is 1. The molecule has 1 aromatic carbocycles. The van der Waals surface area contributed by atoms with Crippen molar-refractivity contribution in [1.82, 2.24) is 14.9 Å². The topological polar surface area (TPSA) is 90.4 Å². The van der Waals surface area contributed by atoms with Gasteiger partial charge in [0.05, 0.1) is 17.6 Å². The lowest BCUT2D eigenvalue weighted by atomic mass is 10.2. The van der Waals surface area contributed by atoms with E-state index in [1.807, 2.05) is 0 Å². The van der Waals surface area contributed by atoms with Gasteiger partial charge in [-0.3, -0.25) is 4.79 Å². The number of aliphatic hydroxyl groups is 1. The number of rotatable bonds is 5. The fourth-order valence-corrected chi connectivity index (χ4v) is 2.44. The van der Waals surface area contributed by atoms with E-state index in [9.17, 15) is 14.3 Å². The van der Waals surface area contributed by atoms with Crippen molar-refractivity contribution in [1.29, 1.82) is 0 Å². The SMILES string of the molecule is Cc1nn(CC(O)COc2ccc(F)cc2)c(=O)c2noc(C)c12. The zero-order chi connectivity index (χ0) is 17.3. The molecule has 0 radical (unpaired) electrons. The lowest BCUT2D eigenvalue weighted by molar-refractivity contribution is 0.0879. The van der Waals surface area contributed by atoms with Crippen LogP contribution in [0.5, 0.6) is 5.75 Å². The predicted molar refractivity (Wildman–Crippen MR) is 83.4 cm³/mol. The van der Waals surface area contributed by atoms with Gasteiger partial charge in [0.2, 0.25) is 0 Å². The highest BCUT2D eigenvalue weighted by Crippen LogP contribution is 2.16. The molecule has 0 aliphatic carbocycles. The van der Waals surface area contributed by atoms with Gasteiger partial charge >= 0.3 is 0 Å². The van der Waals surface area contributed by atoms with E-state index in [0.29, 0.717) is 22.6 Å². The number of aryl methyl sites for hydroxylation is 2. The smallest absolute Gasteiger partial charge is 0.296 e. The van der Waals surface area contributed by atoms with Crippen LogP contribution in [-0.2, 0) is 6.54 Å².